The number of benzene rings is 2. The summed E-state index contributed by atoms with van der Waals surface area (Å²) in [6.07, 6.45) is 0.635. The highest BCUT2D eigenvalue weighted by atomic mass is 16.2. The monoisotopic (exact) mass is 350 g/mol. The van der Waals surface area contributed by atoms with Crippen LogP contribution in [0, 0.1) is 19.8 Å². The lowest BCUT2D eigenvalue weighted by atomic mass is 10.0. The zero-order valence-electron chi connectivity index (χ0n) is 15.9. The maximum absolute atomic E-state index is 13.1. The van der Waals surface area contributed by atoms with Crippen molar-refractivity contribution < 1.29 is 9.59 Å². The quantitative estimate of drug-likeness (QED) is 0.873. The van der Waals surface area contributed by atoms with E-state index in [9.17, 15) is 9.59 Å². The van der Waals surface area contributed by atoms with Crippen molar-refractivity contribution in [2.45, 2.75) is 46.7 Å². The van der Waals surface area contributed by atoms with Crippen molar-refractivity contribution in [3.8, 4) is 0 Å². The van der Waals surface area contributed by atoms with E-state index >= 15 is 0 Å². The summed E-state index contributed by atoms with van der Waals surface area (Å²) in [5.74, 6) is 0.136. The number of aryl methyl sites for hydroxylation is 1. The fraction of sp³-hybridized carbons (Fsp3) is 0.364. The van der Waals surface area contributed by atoms with Crippen LogP contribution in [0.25, 0.3) is 0 Å². The predicted octanol–water partition coefficient (Wildman–Crippen LogP) is 4.31. The summed E-state index contributed by atoms with van der Waals surface area (Å²) in [6.45, 7) is 8.67. The summed E-state index contributed by atoms with van der Waals surface area (Å²) >= 11 is 0. The number of amides is 2. The van der Waals surface area contributed by atoms with Crippen molar-refractivity contribution in [1.29, 1.82) is 0 Å². The molecule has 0 bridgehead atoms. The summed E-state index contributed by atoms with van der Waals surface area (Å²) in [4.78, 5) is 27.6. The van der Waals surface area contributed by atoms with Crippen LogP contribution in [0.2, 0.25) is 0 Å². The Morgan fingerprint density at radius 2 is 1.85 bits per heavy atom. The Morgan fingerprint density at radius 1 is 1.12 bits per heavy atom. The lowest BCUT2D eigenvalue weighted by molar-refractivity contribution is -0.121. The maximum Gasteiger partial charge on any atom is 0.255 e. The molecule has 0 saturated heterocycles. The number of hydrogen-bond donors (Lipinski definition) is 1. The summed E-state index contributed by atoms with van der Waals surface area (Å²) in [5, 5.41) is 3.05. The predicted molar refractivity (Wildman–Crippen MR) is 104 cm³/mol. The summed E-state index contributed by atoms with van der Waals surface area (Å²) in [6, 6.07) is 13.0. The smallest absolute Gasteiger partial charge is 0.255 e. The van der Waals surface area contributed by atoms with Crippen LogP contribution in [0.1, 0.15) is 47.3 Å². The third-order valence-electron chi connectivity index (χ3n) is 5.09. The Morgan fingerprint density at radius 3 is 2.54 bits per heavy atom. The van der Waals surface area contributed by atoms with Crippen LogP contribution in [0.5, 0.6) is 0 Å². The van der Waals surface area contributed by atoms with Gasteiger partial charge in [-0.3, -0.25) is 9.59 Å². The molecule has 1 heterocycles. The number of nitrogens with zero attached hydrogens (tertiary/aromatic N) is 1. The zero-order valence-corrected chi connectivity index (χ0v) is 15.9. The van der Waals surface area contributed by atoms with Crippen molar-refractivity contribution in [3.63, 3.8) is 0 Å². The van der Waals surface area contributed by atoms with E-state index in [1.807, 2.05) is 56.3 Å². The highest BCUT2D eigenvalue weighted by molar-refractivity contribution is 6.03. The minimum Gasteiger partial charge on any atom is -0.324 e. The van der Waals surface area contributed by atoms with Gasteiger partial charge in [-0.05, 0) is 55.0 Å². The van der Waals surface area contributed by atoms with Crippen LogP contribution >= 0.6 is 0 Å². The molecule has 1 N–H and O–H groups in total. The molecule has 1 unspecified atom stereocenters. The number of anilines is 1. The molecular formula is C22H26N2O2. The van der Waals surface area contributed by atoms with Gasteiger partial charge in [0.2, 0.25) is 5.91 Å². The SMILES string of the molecule is Cc1cccc(NC(=O)C(CC(C)C)N2Cc3ccccc3C2=O)c1C. The first-order valence-corrected chi connectivity index (χ1v) is 9.14. The number of carbonyl (C=O) groups excluding carboxylic acids is 2. The Balaban J connectivity index is 1.86. The minimum atomic E-state index is -0.477. The van der Waals surface area contributed by atoms with E-state index < -0.39 is 6.04 Å². The minimum absolute atomic E-state index is 0.0534. The Bertz CT molecular complexity index is 842. The van der Waals surface area contributed by atoms with Crippen molar-refractivity contribution in [3.05, 3.63) is 64.7 Å². The highest BCUT2D eigenvalue weighted by Gasteiger charge is 2.36. The second-order valence-corrected chi connectivity index (χ2v) is 7.47. The molecule has 0 saturated carbocycles. The van der Waals surface area contributed by atoms with Gasteiger partial charge in [0.15, 0.2) is 0 Å². The molecule has 2 amide bonds. The number of rotatable bonds is 5. The Hall–Kier alpha value is -2.62. The van der Waals surface area contributed by atoms with Gasteiger partial charge in [-0.25, -0.2) is 0 Å². The average Bonchev–Trinajstić information content (AvgIpc) is 2.93. The third-order valence-corrected chi connectivity index (χ3v) is 5.09. The van der Waals surface area contributed by atoms with Gasteiger partial charge in [-0.15, -0.1) is 0 Å². The van der Waals surface area contributed by atoms with Gasteiger partial charge in [0.1, 0.15) is 6.04 Å². The van der Waals surface area contributed by atoms with Gasteiger partial charge in [0.05, 0.1) is 0 Å². The van der Waals surface area contributed by atoms with E-state index in [-0.39, 0.29) is 11.8 Å². The molecule has 0 fully saturated rings. The molecule has 1 aliphatic heterocycles. The molecule has 3 rings (SSSR count). The Labute approximate surface area is 155 Å². The van der Waals surface area contributed by atoms with E-state index in [1.165, 1.54) is 0 Å². The lowest BCUT2D eigenvalue weighted by Gasteiger charge is -2.28. The number of carbonyl (C=O) groups is 2. The first-order chi connectivity index (χ1) is 12.4. The van der Waals surface area contributed by atoms with Crippen LogP contribution in [-0.4, -0.2) is 22.8 Å². The van der Waals surface area contributed by atoms with Crippen molar-refractivity contribution in [2.24, 2.45) is 5.92 Å². The second-order valence-electron chi connectivity index (χ2n) is 7.47. The molecule has 2 aromatic rings. The molecular weight excluding hydrogens is 324 g/mol. The molecule has 0 spiro atoms. The van der Waals surface area contributed by atoms with Crippen molar-refractivity contribution in [2.75, 3.05) is 5.32 Å². The van der Waals surface area contributed by atoms with Gasteiger partial charge in [0, 0.05) is 17.8 Å². The van der Waals surface area contributed by atoms with Gasteiger partial charge >= 0.3 is 0 Å². The molecule has 4 heteroatoms. The molecule has 4 nitrogen and oxygen atoms in total. The van der Waals surface area contributed by atoms with Crippen LogP contribution in [0.4, 0.5) is 5.69 Å². The topological polar surface area (TPSA) is 49.4 Å². The second kappa shape index (κ2) is 7.32. The summed E-state index contributed by atoms with van der Waals surface area (Å²) in [5.41, 5.74) is 4.70. The summed E-state index contributed by atoms with van der Waals surface area (Å²) in [7, 11) is 0. The van der Waals surface area contributed by atoms with Crippen LogP contribution < -0.4 is 5.32 Å². The third kappa shape index (κ3) is 3.50. The van der Waals surface area contributed by atoms with E-state index in [0.29, 0.717) is 24.4 Å². The first-order valence-electron chi connectivity index (χ1n) is 9.14. The first kappa shape index (κ1) is 18.2. The highest BCUT2D eigenvalue weighted by Crippen LogP contribution is 2.28. The van der Waals surface area contributed by atoms with Crippen LogP contribution in [0.3, 0.4) is 0 Å². The lowest BCUT2D eigenvalue weighted by Crippen LogP contribution is -2.45. The van der Waals surface area contributed by atoms with Gasteiger partial charge < -0.3 is 10.2 Å². The largest absolute Gasteiger partial charge is 0.324 e. The van der Waals surface area contributed by atoms with Crippen molar-refractivity contribution >= 4 is 17.5 Å². The van der Waals surface area contributed by atoms with E-state index in [0.717, 1.165) is 22.4 Å². The molecule has 26 heavy (non-hydrogen) atoms. The van der Waals surface area contributed by atoms with Crippen LogP contribution in [-0.2, 0) is 11.3 Å². The normalized spacial score (nSPS) is 14.5. The summed E-state index contributed by atoms with van der Waals surface area (Å²) < 4.78 is 0. The fourth-order valence-corrected chi connectivity index (χ4v) is 3.45. The zero-order chi connectivity index (χ0) is 18.8. The number of hydrogen-bond acceptors (Lipinski definition) is 2. The molecule has 2 aromatic carbocycles. The van der Waals surface area contributed by atoms with E-state index in [4.69, 9.17) is 0 Å². The maximum atomic E-state index is 13.1. The van der Waals surface area contributed by atoms with Gasteiger partial charge in [0.25, 0.3) is 5.91 Å². The van der Waals surface area contributed by atoms with Crippen molar-refractivity contribution in [1.82, 2.24) is 4.90 Å². The average molecular weight is 350 g/mol. The molecule has 136 valence electrons. The molecule has 0 aliphatic carbocycles. The molecule has 0 aromatic heterocycles. The standard InChI is InChI=1S/C22H26N2O2/c1-14(2)12-20(21(25)23-19-11-7-8-15(3)16(19)4)24-13-17-9-5-6-10-18(17)22(24)26/h5-11,14,20H,12-13H2,1-4H3,(H,23,25). The van der Waals surface area contributed by atoms with Gasteiger partial charge in [-0.2, -0.15) is 0 Å². The van der Waals surface area contributed by atoms with E-state index in [1.54, 1.807) is 4.90 Å². The molecule has 1 aliphatic rings. The number of nitrogens with one attached hydrogen (secondary N) is 1. The molecule has 1 atom stereocenters. The van der Waals surface area contributed by atoms with E-state index in [2.05, 4.69) is 19.2 Å². The fourth-order valence-electron chi connectivity index (χ4n) is 3.45. The van der Waals surface area contributed by atoms with Gasteiger partial charge in [-0.1, -0.05) is 44.2 Å². The molecule has 0 radical (unpaired) electrons. The van der Waals surface area contributed by atoms with Crippen LogP contribution in [0.15, 0.2) is 42.5 Å². The number of fused-ring (bicyclic) bond motifs is 1. The Kier molecular flexibility index (Phi) is 5.12.